The zero-order valence-electron chi connectivity index (χ0n) is 16.6. The molecule has 32 heavy (non-hydrogen) atoms. The molecule has 1 heterocycles. The van der Waals surface area contributed by atoms with Gasteiger partial charge in [0.1, 0.15) is 6.04 Å². The van der Waals surface area contributed by atoms with E-state index in [2.05, 4.69) is 5.32 Å². The summed E-state index contributed by atoms with van der Waals surface area (Å²) in [5.74, 6) is -2.00. The van der Waals surface area contributed by atoms with Gasteiger partial charge in [0.2, 0.25) is 5.91 Å². The zero-order chi connectivity index (χ0) is 22.9. The third-order valence-corrected chi connectivity index (χ3v) is 5.17. The lowest BCUT2D eigenvalue weighted by molar-refractivity contribution is -0.137. The first-order valence-corrected chi connectivity index (χ1v) is 9.74. The molecule has 0 radical (unpaired) electrons. The first kappa shape index (κ1) is 21.3. The minimum Gasteiger partial charge on any atom is -0.324 e. The lowest BCUT2D eigenvalue weighted by atomic mass is 10.0. The molecule has 8 heteroatoms. The number of hydrogen-bond acceptors (Lipinski definition) is 3. The molecule has 0 aromatic heterocycles. The molecule has 3 aromatic carbocycles. The number of amides is 3. The maximum Gasteiger partial charge on any atom is 0.416 e. The number of benzene rings is 3. The van der Waals surface area contributed by atoms with Crippen molar-refractivity contribution in [3.05, 3.63) is 101 Å². The summed E-state index contributed by atoms with van der Waals surface area (Å²) in [5.41, 5.74) is 0.0493. The Hall–Kier alpha value is -3.94. The molecule has 5 nitrogen and oxygen atoms in total. The standard InChI is InChI=1S/C24H17F3N2O3/c25-24(26,27)16-9-6-10-17(14-16)28-21(30)20(13-15-7-2-1-3-8-15)29-22(31)18-11-4-5-12-19(18)23(29)32/h1-12,14,20H,13H2,(H,28,30)/t20-/m1/s1. The molecule has 3 amide bonds. The molecule has 0 unspecified atom stereocenters. The number of alkyl halides is 3. The predicted molar refractivity (Wildman–Crippen MR) is 111 cm³/mol. The fourth-order valence-corrected chi connectivity index (χ4v) is 3.63. The van der Waals surface area contributed by atoms with Crippen LogP contribution in [0.1, 0.15) is 31.8 Å². The molecule has 3 aromatic rings. The fraction of sp³-hybridized carbons (Fsp3) is 0.125. The summed E-state index contributed by atoms with van der Waals surface area (Å²) in [6, 6.07) is 17.9. The van der Waals surface area contributed by atoms with Crippen LogP contribution >= 0.6 is 0 Å². The predicted octanol–water partition coefficient (Wildman–Crippen LogP) is 4.55. The second-order valence-corrected chi connectivity index (χ2v) is 7.30. The van der Waals surface area contributed by atoms with Gasteiger partial charge in [0, 0.05) is 12.1 Å². The van der Waals surface area contributed by atoms with Gasteiger partial charge in [-0.1, -0.05) is 48.5 Å². The smallest absolute Gasteiger partial charge is 0.324 e. The van der Waals surface area contributed by atoms with Crippen LogP contribution in [0, 0.1) is 0 Å². The van der Waals surface area contributed by atoms with Crippen LogP contribution in [0.2, 0.25) is 0 Å². The SMILES string of the molecule is O=C(Nc1cccc(C(F)(F)F)c1)[C@@H](Cc1ccccc1)N1C(=O)c2ccccc2C1=O. The van der Waals surface area contributed by atoms with Crippen molar-refractivity contribution in [1.29, 1.82) is 0 Å². The summed E-state index contributed by atoms with van der Waals surface area (Å²) in [5, 5.41) is 2.43. The van der Waals surface area contributed by atoms with E-state index in [1.807, 2.05) is 0 Å². The third kappa shape index (κ3) is 4.12. The molecule has 0 saturated heterocycles. The quantitative estimate of drug-likeness (QED) is 0.595. The Morgan fingerprint density at radius 3 is 2.03 bits per heavy atom. The van der Waals surface area contributed by atoms with Gasteiger partial charge in [0.05, 0.1) is 16.7 Å². The second-order valence-electron chi connectivity index (χ2n) is 7.30. The Kier molecular flexibility index (Phi) is 5.52. The van der Waals surface area contributed by atoms with Crippen molar-refractivity contribution in [1.82, 2.24) is 4.90 Å². The van der Waals surface area contributed by atoms with Crippen molar-refractivity contribution in [2.75, 3.05) is 5.32 Å². The van der Waals surface area contributed by atoms with E-state index in [0.29, 0.717) is 5.56 Å². The van der Waals surface area contributed by atoms with E-state index in [9.17, 15) is 27.6 Å². The number of nitrogens with one attached hydrogen (secondary N) is 1. The van der Waals surface area contributed by atoms with Gasteiger partial charge in [-0.05, 0) is 35.9 Å². The summed E-state index contributed by atoms with van der Waals surface area (Å²) in [7, 11) is 0. The Morgan fingerprint density at radius 2 is 1.44 bits per heavy atom. The Balaban J connectivity index is 1.67. The molecular formula is C24H17F3N2O3. The summed E-state index contributed by atoms with van der Waals surface area (Å²) in [4.78, 5) is 40.0. The highest BCUT2D eigenvalue weighted by Gasteiger charge is 2.42. The van der Waals surface area contributed by atoms with Crippen LogP contribution in [-0.4, -0.2) is 28.7 Å². The third-order valence-electron chi connectivity index (χ3n) is 5.17. The highest BCUT2D eigenvalue weighted by molar-refractivity contribution is 6.23. The first-order chi connectivity index (χ1) is 15.3. The minimum absolute atomic E-state index is 0.0110. The van der Waals surface area contributed by atoms with Gasteiger partial charge in [-0.15, -0.1) is 0 Å². The van der Waals surface area contributed by atoms with Crippen molar-refractivity contribution >= 4 is 23.4 Å². The molecule has 162 valence electrons. The molecule has 1 aliphatic rings. The molecule has 0 aliphatic carbocycles. The highest BCUT2D eigenvalue weighted by atomic mass is 19.4. The zero-order valence-corrected chi connectivity index (χ0v) is 16.6. The van der Waals surface area contributed by atoms with Gasteiger partial charge in [0.15, 0.2) is 0 Å². The molecule has 1 N–H and O–H groups in total. The van der Waals surface area contributed by atoms with Crippen molar-refractivity contribution < 1.29 is 27.6 Å². The number of fused-ring (bicyclic) bond motifs is 1. The number of rotatable bonds is 5. The Bertz CT molecular complexity index is 1160. The lowest BCUT2D eigenvalue weighted by Crippen LogP contribution is -2.48. The number of anilines is 1. The van der Waals surface area contributed by atoms with Gasteiger partial charge < -0.3 is 5.32 Å². The van der Waals surface area contributed by atoms with Crippen LogP contribution in [0.25, 0.3) is 0 Å². The summed E-state index contributed by atoms with van der Waals surface area (Å²) in [6.45, 7) is 0. The van der Waals surface area contributed by atoms with E-state index in [1.165, 1.54) is 24.3 Å². The molecule has 4 rings (SSSR count). The Labute approximate surface area is 181 Å². The second kappa shape index (κ2) is 8.30. The van der Waals surface area contributed by atoms with E-state index in [-0.39, 0.29) is 23.2 Å². The topological polar surface area (TPSA) is 66.5 Å². The fourth-order valence-electron chi connectivity index (χ4n) is 3.63. The molecule has 0 saturated carbocycles. The normalized spacial score (nSPS) is 14.3. The number of carbonyl (C=O) groups excluding carboxylic acids is 3. The lowest BCUT2D eigenvalue weighted by Gasteiger charge is -2.25. The molecule has 0 spiro atoms. The largest absolute Gasteiger partial charge is 0.416 e. The summed E-state index contributed by atoms with van der Waals surface area (Å²) < 4.78 is 39.1. The number of carbonyl (C=O) groups is 3. The van der Waals surface area contributed by atoms with E-state index in [4.69, 9.17) is 0 Å². The van der Waals surface area contributed by atoms with E-state index in [1.54, 1.807) is 42.5 Å². The van der Waals surface area contributed by atoms with Crippen molar-refractivity contribution in [2.45, 2.75) is 18.6 Å². The molecule has 0 fully saturated rings. The first-order valence-electron chi connectivity index (χ1n) is 9.74. The molecule has 1 aliphatic heterocycles. The van der Waals surface area contributed by atoms with Gasteiger partial charge in [0.25, 0.3) is 11.8 Å². The summed E-state index contributed by atoms with van der Waals surface area (Å²) >= 11 is 0. The molecule has 1 atom stereocenters. The Morgan fingerprint density at radius 1 is 0.844 bits per heavy atom. The average molecular weight is 438 g/mol. The van der Waals surface area contributed by atoms with Gasteiger partial charge >= 0.3 is 6.18 Å². The van der Waals surface area contributed by atoms with Crippen LogP contribution in [0.4, 0.5) is 18.9 Å². The summed E-state index contributed by atoms with van der Waals surface area (Å²) in [6.07, 6.45) is -4.57. The van der Waals surface area contributed by atoms with E-state index < -0.39 is 35.5 Å². The molecular weight excluding hydrogens is 421 g/mol. The number of hydrogen-bond donors (Lipinski definition) is 1. The number of halogens is 3. The highest BCUT2D eigenvalue weighted by Crippen LogP contribution is 2.31. The van der Waals surface area contributed by atoms with Crippen LogP contribution in [0.5, 0.6) is 0 Å². The monoisotopic (exact) mass is 438 g/mol. The molecule has 0 bridgehead atoms. The van der Waals surface area contributed by atoms with Crippen LogP contribution < -0.4 is 5.32 Å². The van der Waals surface area contributed by atoms with E-state index in [0.717, 1.165) is 17.0 Å². The van der Waals surface area contributed by atoms with Crippen LogP contribution in [0.15, 0.2) is 78.9 Å². The van der Waals surface area contributed by atoms with Gasteiger partial charge in [-0.3, -0.25) is 19.3 Å². The maximum absolute atomic E-state index is 13.2. The van der Waals surface area contributed by atoms with Crippen molar-refractivity contribution in [3.63, 3.8) is 0 Å². The van der Waals surface area contributed by atoms with Gasteiger partial charge in [-0.2, -0.15) is 13.2 Å². The number of imide groups is 1. The van der Waals surface area contributed by atoms with Gasteiger partial charge in [-0.25, -0.2) is 0 Å². The minimum atomic E-state index is -4.58. The maximum atomic E-state index is 13.2. The van der Waals surface area contributed by atoms with Crippen molar-refractivity contribution in [3.8, 4) is 0 Å². The van der Waals surface area contributed by atoms with E-state index >= 15 is 0 Å². The van der Waals surface area contributed by atoms with Crippen LogP contribution in [-0.2, 0) is 17.4 Å². The van der Waals surface area contributed by atoms with Crippen LogP contribution in [0.3, 0.4) is 0 Å². The number of nitrogens with zero attached hydrogens (tertiary/aromatic N) is 1. The van der Waals surface area contributed by atoms with Crippen molar-refractivity contribution in [2.24, 2.45) is 0 Å². The average Bonchev–Trinajstić information content (AvgIpc) is 3.03.